The maximum atomic E-state index is 11.0. The average Bonchev–Trinajstić information content (AvgIpc) is 2.84. The molecule has 8 heteroatoms. The number of hydrogen-bond donors (Lipinski definition) is 2. The molecule has 2 aliphatic rings. The Bertz CT molecular complexity index is 543. The summed E-state index contributed by atoms with van der Waals surface area (Å²) in [6, 6.07) is 5.40. The highest BCUT2D eigenvalue weighted by Gasteiger charge is 2.44. The minimum Gasteiger partial charge on any atom is -0.264 e. The zero-order chi connectivity index (χ0) is 14.3. The van der Waals surface area contributed by atoms with E-state index in [1.807, 2.05) is 12.1 Å². The van der Waals surface area contributed by atoms with Crippen molar-refractivity contribution < 1.29 is 4.92 Å². The molecule has 116 valence electrons. The van der Waals surface area contributed by atoms with Crippen molar-refractivity contribution in [2.24, 2.45) is 5.92 Å². The van der Waals surface area contributed by atoms with Crippen molar-refractivity contribution in [3.63, 3.8) is 0 Å². The summed E-state index contributed by atoms with van der Waals surface area (Å²) < 4.78 is 0. The van der Waals surface area contributed by atoms with Crippen molar-refractivity contribution in [1.82, 2.24) is 10.9 Å². The second-order valence-corrected chi connectivity index (χ2v) is 6.28. The second-order valence-electron chi connectivity index (χ2n) is 5.46. The largest absolute Gasteiger partial charge is 0.264 e. The Morgan fingerprint density at radius 3 is 2.62 bits per heavy atom. The number of hydrazine groups is 1. The van der Waals surface area contributed by atoms with Gasteiger partial charge in [0.1, 0.15) is 0 Å². The van der Waals surface area contributed by atoms with Crippen LogP contribution in [0.4, 0.5) is 0 Å². The van der Waals surface area contributed by atoms with Gasteiger partial charge < -0.3 is 0 Å². The fraction of sp³-hybridized carbons (Fsp3) is 0.538. The van der Waals surface area contributed by atoms with Gasteiger partial charge in [-0.15, -0.1) is 12.4 Å². The van der Waals surface area contributed by atoms with Crippen LogP contribution in [0.15, 0.2) is 18.2 Å². The third kappa shape index (κ3) is 3.27. The summed E-state index contributed by atoms with van der Waals surface area (Å²) in [5.41, 5.74) is 7.52. The van der Waals surface area contributed by atoms with Crippen LogP contribution in [0.3, 0.4) is 0 Å². The number of nitrogens with one attached hydrogen (secondary N) is 2. The minimum absolute atomic E-state index is 0. The van der Waals surface area contributed by atoms with Crippen LogP contribution in [0, 0.1) is 16.0 Å². The molecule has 0 aromatic heterocycles. The molecule has 4 atom stereocenters. The summed E-state index contributed by atoms with van der Waals surface area (Å²) in [6.45, 7) is 0. The number of nitro groups is 1. The molecule has 21 heavy (non-hydrogen) atoms. The van der Waals surface area contributed by atoms with E-state index < -0.39 is 6.04 Å². The van der Waals surface area contributed by atoms with Gasteiger partial charge in [0.05, 0.1) is 16.1 Å². The van der Waals surface area contributed by atoms with Gasteiger partial charge in [0.2, 0.25) is 6.04 Å². The van der Waals surface area contributed by atoms with Gasteiger partial charge in [-0.05, 0) is 24.1 Å². The van der Waals surface area contributed by atoms with Crippen LogP contribution in [0.5, 0.6) is 0 Å². The van der Waals surface area contributed by atoms with Crippen LogP contribution in [-0.4, -0.2) is 17.0 Å². The first-order valence-electron chi connectivity index (χ1n) is 6.66. The van der Waals surface area contributed by atoms with E-state index in [9.17, 15) is 10.1 Å². The van der Waals surface area contributed by atoms with Crippen molar-refractivity contribution in [2.75, 3.05) is 0 Å². The lowest BCUT2D eigenvalue weighted by Gasteiger charge is -2.29. The molecule has 1 aliphatic heterocycles. The molecule has 0 amide bonds. The first-order chi connectivity index (χ1) is 9.56. The van der Waals surface area contributed by atoms with Crippen molar-refractivity contribution in [3.8, 4) is 0 Å². The maximum Gasteiger partial charge on any atom is 0.213 e. The molecule has 1 aromatic carbocycles. The Morgan fingerprint density at radius 1 is 1.19 bits per heavy atom. The summed E-state index contributed by atoms with van der Waals surface area (Å²) in [4.78, 5) is 10.9. The maximum absolute atomic E-state index is 11.0. The van der Waals surface area contributed by atoms with Gasteiger partial charge in [0, 0.05) is 29.7 Å². The fourth-order valence-corrected chi connectivity index (χ4v) is 3.57. The van der Waals surface area contributed by atoms with Crippen LogP contribution >= 0.6 is 35.6 Å². The molecule has 1 saturated heterocycles. The smallest absolute Gasteiger partial charge is 0.213 e. The van der Waals surface area contributed by atoms with E-state index in [4.69, 9.17) is 23.2 Å². The van der Waals surface area contributed by atoms with Crippen LogP contribution in [0.25, 0.3) is 0 Å². The predicted octanol–water partition coefficient (Wildman–Crippen LogP) is 3.38. The van der Waals surface area contributed by atoms with Gasteiger partial charge >= 0.3 is 0 Å². The highest BCUT2D eigenvalue weighted by Crippen LogP contribution is 2.39. The van der Waals surface area contributed by atoms with Crippen LogP contribution < -0.4 is 10.9 Å². The number of halogens is 3. The summed E-state index contributed by atoms with van der Waals surface area (Å²) in [7, 11) is 0. The lowest BCUT2D eigenvalue weighted by molar-refractivity contribution is -0.528. The van der Waals surface area contributed by atoms with E-state index in [1.54, 1.807) is 6.07 Å². The van der Waals surface area contributed by atoms with E-state index in [0.717, 1.165) is 12.0 Å². The second kappa shape index (κ2) is 6.67. The van der Waals surface area contributed by atoms with E-state index in [0.29, 0.717) is 22.9 Å². The molecule has 0 bridgehead atoms. The predicted molar refractivity (Wildman–Crippen MR) is 84.6 cm³/mol. The Hall–Kier alpha value is -0.590. The number of fused-ring (bicyclic) bond motifs is 1. The molecule has 3 rings (SSSR count). The van der Waals surface area contributed by atoms with Gasteiger partial charge in [-0.2, -0.15) is 0 Å². The molecular weight excluding hydrogens is 337 g/mol. The van der Waals surface area contributed by atoms with Gasteiger partial charge in [-0.3, -0.25) is 15.5 Å². The summed E-state index contributed by atoms with van der Waals surface area (Å²) in [5, 5.41) is 12.0. The standard InChI is InChI=1S/C13H15Cl2N3O2.ClH/c14-10-3-1-7(5-11(10)15)13-9-6-8(18(19)20)2-4-12(9)16-17-13;/h1,3,5,8-9,12-13,16-17H,2,4,6H2;1H. The van der Waals surface area contributed by atoms with Crippen LogP contribution in [0.1, 0.15) is 30.9 Å². The molecule has 0 radical (unpaired) electrons. The number of hydrogen-bond acceptors (Lipinski definition) is 4. The van der Waals surface area contributed by atoms with Gasteiger partial charge in [0.15, 0.2) is 0 Å². The number of benzene rings is 1. The Balaban J connectivity index is 0.00000161. The van der Waals surface area contributed by atoms with Crippen molar-refractivity contribution in [3.05, 3.63) is 43.9 Å². The lowest BCUT2D eigenvalue weighted by atomic mass is 9.77. The average molecular weight is 353 g/mol. The van der Waals surface area contributed by atoms with E-state index >= 15 is 0 Å². The molecule has 2 fully saturated rings. The van der Waals surface area contributed by atoms with Gasteiger partial charge in [0.25, 0.3) is 0 Å². The van der Waals surface area contributed by atoms with Gasteiger partial charge in [-0.1, -0.05) is 29.3 Å². The quantitative estimate of drug-likeness (QED) is 0.632. The van der Waals surface area contributed by atoms with E-state index in [-0.39, 0.29) is 35.3 Å². The van der Waals surface area contributed by atoms with Crippen molar-refractivity contribution in [2.45, 2.75) is 37.4 Å². The highest BCUT2D eigenvalue weighted by molar-refractivity contribution is 6.42. The Labute approximate surface area is 138 Å². The first-order valence-corrected chi connectivity index (χ1v) is 7.41. The zero-order valence-corrected chi connectivity index (χ0v) is 13.4. The third-order valence-electron chi connectivity index (χ3n) is 4.33. The monoisotopic (exact) mass is 351 g/mol. The Morgan fingerprint density at radius 2 is 1.95 bits per heavy atom. The topological polar surface area (TPSA) is 67.2 Å². The molecule has 1 saturated carbocycles. The highest BCUT2D eigenvalue weighted by atomic mass is 35.5. The third-order valence-corrected chi connectivity index (χ3v) is 5.06. The van der Waals surface area contributed by atoms with Crippen LogP contribution in [0.2, 0.25) is 10.0 Å². The number of nitrogens with zero attached hydrogens (tertiary/aromatic N) is 1. The molecule has 0 spiro atoms. The minimum atomic E-state index is -0.441. The number of rotatable bonds is 2. The zero-order valence-electron chi connectivity index (χ0n) is 11.1. The summed E-state index contributed by atoms with van der Waals surface area (Å²) >= 11 is 12.0. The normalized spacial score (nSPS) is 31.3. The fourth-order valence-electron chi connectivity index (χ4n) is 3.26. The molecular formula is C13H16Cl3N3O2. The summed E-state index contributed by atoms with van der Waals surface area (Å²) in [5.74, 6) is 0.205. The first kappa shape index (κ1) is 16.8. The molecule has 1 heterocycles. The molecule has 4 unspecified atom stereocenters. The lowest BCUT2D eigenvalue weighted by Crippen LogP contribution is -2.39. The summed E-state index contributed by atoms with van der Waals surface area (Å²) in [6.07, 6.45) is 2.04. The molecule has 5 nitrogen and oxygen atoms in total. The van der Waals surface area contributed by atoms with Gasteiger partial charge in [-0.25, -0.2) is 5.43 Å². The van der Waals surface area contributed by atoms with E-state index in [2.05, 4.69) is 10.9 Å². The van der Waals surface area contributed by atoms with Crippen LogP contribution in [-0.2, 0) is 0 Å². The van der Waals surface area contributed by atoms with E-state index in [1.165, 1.54) is 0 Å². The van der Waals surface area contributed by atoms with Crippen molar-refractivity contribution in [1.29, 1.82) is 0 Å². The SMILES string of the molecule is Cl.O=[N+]([O-])C1CCC2NNC(c3ccc(Cl)c(Cl)c3)C2C1. The molecule has 2 N–H and O–H groups in total. The van der Waals surface area contributed by atoms with Crippen molar-refractivity contribution >= 4 is 35.6 Å². The molecule has 1 aromatic rings. The molecule has 1 aliphatic carbocycles. The Kier molecular flexibility index (Phi) is 5.33.